The second-order valence-corrected chi connectivity index (χ2v) is 5.23. The first-order valence-corrected chi connectivity index (χ1v) is 7.16. The fourth-order valence-corrected chi connectivity index (χ4v) is 2.52. The van der Waals surface area contributed by atoms with E-state index in [9.17, 15) is 0 Å². The minimum Gasteiger partial charge on any atom is -0.496 e. The van der Waals surface area contributed by atoms with Gasteiger partial charge in [-0.3, -0.25) is 4.90 Å². The summed E-state index contributed by atoms with van der Waals surface area (Å²) in [5.41, 5.74) is 7.50. The lowest BCUT2D eigenvalue weighted by Crippen LogP contribution is -2.44. The predicted octanol–water partition coefficient (Wildman–Crippen LogP) is 2.44. The molecular formula is C16H28N2O2. The highest BCUT2D eigenvalue weighted by Crippen LogP contribution is 2.32. The number of nitrogens with zero attached hydrogens (tertiary/aromatic N) is 1. The topological polar surface area (TPSA) is 47.7 Å². The third-order valence-electron chi connectivity index (χ3n) is 3.88. The van der Waals surface area contributed by atoms with E-state index >= 15 is 0 Å². The Hall–Kier alpha value is -1.10. The van der Waals surface area contributed by atoms with Crippen molar-refractivity contribution < 1.29 is 9.47 Å². The van der Waals surface area contributed by atoms with Gasteiger partial charge in [-0.1, -0.05) is 25.1 Å². The van der Waals surface area contributed by atoms with Gasteiger partial charge in [0.15, 0.2) is 0 Å². The fraction of sp³-hybridized carbons (Fsp3) is 0.625. The monoisotopic (exact) mass is 280 g/mol. The lowest BCUT2D eigenvalue weighted by atomic mass is 9.94. The van der Waals surface area contributed by atoms with Crippen molar-refractivity contribution in [1.82, 2.24) is 4.90 Å². The van der Waals surface area contributed by atoms with Crippen LogP contribution in [0.4, 0.5) is 0 Å². The van der Waals surface area contributed by atoms with E-state index in [-0.39, 0.29) is 18.1 Å². The molecule has 1 rings (SSSR count). The number of para-hydroxylation sites is 1. The zero-order chi connectivity index (χ0) is 15.1. The molecule has 1 aromatic rings. The summed E-state index contributed by atoms with van der Waals surface area (Å²) < 4.78 is 10.8. The van der Waals surface area contributed by atoms with E-state index in [2.05, 4.69) is 31.9 Å². The van der Waals surface area contributed by atoms with Crippen LogP contribution in [0.5, 0.6) is 5.75 Å². The third-order valence-corrected chi connectivity index (χ3v) is 3.88. The molecule has 0 fully saturated rings. The van der Waals surface area contributed by atoms with Crippen molar-refractivity contribution in [3.8, 4) is 5.75 Å². The Balaban J connectivity index is 3.11. The van der Waals surface area contributed by atoms with E-state index in [1.165, 1.54) is 0 Å². The molecule has 1 aromatic carbocycles. The maximum atomic E-state index is 6.37. The Kier molecular flexibility index (Phi) is 6.99. The summed E-state index contributed by atoms with van der Waals surface area (Å²) in [6.45, 7) is 4.94. The number of hydrogen-bond acceptors (Lipinski definition) is 4. The number of methoxy groups -OCH3 is 2. The summed E-state index contributed by atoms with van der Waals surface area (Å²) in [5.74, 6) is 0.887. The van der Waals surface area contributed by atoms with Crippen LogP contribution in [0.1, 0.15) is 31.9 Å². The average molecular weight is 280 g/mol. The SMILES string of the molecule is CCC(N)C(c1ccccc1OC)N(C)C(C)COC. The predicted molar refractivity (Wildman–Crippen MR) is 83.1 cm³/mol. The zero-order valence-corrected chi connectivity index (χ0v) is 13.3. The Bertz CT molecular complexity index is 398. The number of ether oxygens (including phenoxy) is 2. The van der Waals surface area contributed by atoms with Gasteiger partial charge in [-0.25, -0.2) is 0 Å². The van der Waals surface area contributed by atoms with Crippen molar-refractivity contribution in [3.63, 3.8) is 0 Å². The molecule has 4 nitrogen and oxygen atoms in total. The number of likely N-dealkylation sites (N-methyl/N-ethyl adjacent to an activating group) is 1. The van der Waals surface area contributed by atoms with Crippen LogP contribution < -0.4 is 10.5 Å². The second kappa shape index (κ2) is 8.25. The summed E-state index contributed by atoms with van der Waals surface area (Å²) in [6.07, 6.45) is 0.909. The van der Waals surface area contributed by atoms with Gasteiger partial charge in [-0.05, 0) is 26.5 Å². The molecule has 0 aromatic heterocycles. The van der Waals surface area contributed by atoms with E-state index in [0.29, 0.717) is 6.61 Å². The molecule has 2 N–H and O–H groups in total. The van der Waals surface area contributed by atoms with E-state index < -0.39 is 0 Å². The molecule has 20 heavy (non-hydrogen) atoms. The highest BCUT2D eigenvalue weighted by molar-refractivity contribution is 5.36. The van der Waals surface area contributed by atoms with Crippen molar-refractivity contribution in [1.29, 1.82) is 0 Å². The summed E-state index contributed by atoms with van der Waals surface area (Å²) in [7, 11) is 5.52. The number of nitrogens with two attached hydrogens (primary N) is 1. The van der Waals surface area contributed by atoms with Crippen molar-refractivity contribution in [2.24, 2.45) is 5.73 Å². The van der Waals surface area contributed by atoms with Crippen molar-refractivity contribution in [2.75, 3.05) is 27.9 Å². The Morgan fingerprint density at radius 3 is 2.45 bits per heavy atom. The number of hydrogen-bond donors (Lipinski definition) is 1. The van der Waals surface area contributed by atoms with E-state index in [1.54, 1.807) is 14.2 Å². The molecule has 0 aliphatic heterocycles. The highest BCUT2D eigenvalue weighted by Gasteiger charge is 2.28. The normalized spacial score (nSPS) is 15.9. The Labute approximate surface area is 122 Å². The highest BCUT2D eigenvalue weighted by atomic mass is 16.5. The van der Waals surface area contributed by atoms with Crippen LogP contribution in [0.25, 0.3) is 0 Å². The van der Waals surface area contributed by atoms with Gasteiger partial charge in [0.1, 0.15) is 5.75 Å². The smallest absolute Gasteiger partial charge is 0.123 e. The quantitative estimate of drug-likeness (QED) is 0.794. The molecule has 4 heteroatoms. The lowest BCUT2D eigenvalue weighted by Gasteiger charge is -2.37. The summed E-state index contributed by atoms with van der Waals surface area (Å²) in [4.78, 5) is 2.27. The molecule has 0 bridgehead atoms. The van der Waals surface area contributed by atoms with Gasteiger partial charge in [-0.2, -0.15) is 0 Å². The third kappa shape index (κ3) is 3.95. The Morgan fingerprint density at radius 1 is 1.25 bits per heavy atom. The number of rotatable bonds is 8. The molecule has 0 saturated carbocycles. The van der Waals surface area contributed by atoms with Gasteiger partial charge in [-0.15, -0.1) is 0 Å². The minimum absolute atomic E-state index is 0.0515. The van der Waals surface area contributed by atoms with Crippen LogP contribution in [-0.4, -0.2) is 44.9 Å². The molecule has 0 aliphatic carbocycles. The molecule has 0 spiro atoms. The van der Waals surface area contributed by atoms with Gasteiger partial charge in [0.05, 0.1) is 19.8 Å². The first-order chi connectivity index (χ1) is 9.56. The van der Waals surface area contributed by atoms with Gasteiger partial charge in [0, 0.05) is 24.8 Å². The molecule has 114 valence electrons. The van der Waals surface area contributed by atoms with Crippen LogP contribution in [0.15, 0.2) is 24.3 Å². The fourth-order valence-electron chi connectivity index (χ4n) is 2.52. The first-order valence-electron chi connectivity index (χ1n) is 7.16. The molecule has 0 aliphatic rings. The number of benzene rings is 1. The summed E-state index contributed by atoms with van der Waals surface area (Å²) in [6, 6.07) is 8.54. The van der Waals surface area contributed by atoms with Crippen molar-refractivity contribution in [3.05, 3.63) is 29.8 Å². The zero-order valence-electron chi connectivity index (χ0n) is 13.3. The van der Waals surface area contributed by atoms with Gasteiger partial charge in [0.2, 0.25) is 0 Å². The van der Waals surface area contributed by atoms with E-state index in [1.807, 2.05) is 18.2 Å². The molecule has 0 saturated heterocycles. The maximum absolute atomic E-state index is 6.37. The van der Waals surface area contributed by atoms with Crippen LogP contribution >= 0.6 is 0 Å². The van der Waals surface area contributed by atoms with Crippen molar-refractivity contribution in [2.45, 2.75) is 38.4 Å². The molecule has 0 heterocycles. The van der Waals surface area contributed by atoms with Crippen LogP contribution in [0.2, 0.25) is 0 Å². The minimum atomic E-state index is 0.0515. The van der Waals surface area contributed by atoms with Crippen LogP contribution in [0, 0.1) is 0 Å². The van der Waals surface area contributed by atoms with Crippen LogP contribution in [0.3, 0.4) is 0 Å². The van der Waals surface area contributed by atoms with Crippen LogP contribution in [-0.2, 0) is 4.74 Å². The molecule has 3 atom stereocenters. The summed E-state index contributed by atoms with van der Waals surface area (Å²) >= 11 is 0. The molecule has 0 amide bonds. The maximum Gasteiger partial charge on any atom is 0.123 e. The molecule has 0 radical (unpaired) electrons. The standard InChI is InChI=1S/C16H28N2O2/c1-6-14(17)16(18(3)12(2)11-19-4)13-9-7-8-10-15(13)20-5/h7-10,12,14,16H,6,11,17H2,1-5H3. The van der Waals surface area contributed by atoms with Gasteiger partial charge in [0.25, 0.3) is 0 Å². The van der Waals surface area contributed by atoms with Crippen molar-refractivity contribution >= 4 is 0 Å². The molecule has 3 unspecified atom stereocenters. The molecular weight excluding hydrogens is 252 g/mol. The lowest BCUT2D eigenvalue weighted by molar-refractivity contribution is 0.0784. The van der Waals surface area contributed by atoms with Gasteiger partial charge < -0.3 is 15.2 Å². The summed E-state index contributed by atoms with van der Waals surface area (Å²) in [5, 5.41) is 0. The average Bonchev–Trinajstić information content (AvgIpc) is 2.47. The second-order valence-electron chi connectivity index (χ2n) is 5.23. The Morgan fingerprint density at radius 2 is 1.90 bits per heavy atom. The first kappa shape index (κ1) is 17.0. The largest absolute Gasteiger partial charge is 0.496 e. The van der Waals surface area contributed by atoms with E-state index in [0.717, 1.165) is 17.7 Å². The van der Waals surface area contributed by atoms with Gasteiger partial charge >= 0.3 is 0 Å². The van der Waals surface area contributed by atoms with E-state index in [4.69, 9.17) is 15.2 Å².